The third-order valence-electron chi connectivity index (χ3n) is 3.06. The fourth-order valence-corrected chi connectivity index (χ4v) is 2.69. The second-order valence-corrected chi connectivity index (χ2v) is 5.68. The normalized spacial score (nSPS) is 23.7. The molecule has 1 N–H and O–H groups in total. The molecule has 0 aromatic carbocycles. The summed E-state index contributed by atoms with van der Waals surface area (Å²) >= 11 is 3.44. The molecule has 0 saturated carbocycles. The minimum Gasteiger partial charge on any atom is -0.394 e. The van der Waals surface area contributed by atoms with E-state index >= 15 is 0 Å². The highest BCUT2D eigenvalue weighted by atomic mass is 79.9. The zero-order valence-corrected chi connectivity index (χ0v) is 12.9. The first-order valence-corrected chi connectivity index (χ1v) is 7.46. The van der Waals surface area contributed by atoms with E-state index in [-0.39, 0.29) is 18.8 Å². The Bertz CT molecular complexity index is 430. The van der Waals surface area contributed by atoms with E-state index in [0.29, 0.717) is 6.54 Å². The number of aliphatic hydroxyl groups is 1. The summed E-state index contributed by atoms with van der Waals surface area (Å²) < 4.78 is 6.45. The Morgan fingerprint density at radius 1 is 1.47 bits per heavy atom. The van der Waals surface area contributed by atoms with Gasteiger partial charge in [-0.1, -0.05) is 6.92 Å². The van der Waals surface area contributed by atoms with Gasteiger partial charge >= 0.3 is 0 Å². The van der Waals surface area contributed by atoms with Crippen LogP contribution in [0.25, 0.3) is 0 Å². The maximum Gasteiger partial charge on any atom is 0.133 e. The zero-order valence-electron chi connectivity index (χ0n) is 11.3. The molecule has 1 aromatic rings. The molecule has 2 rings (SSSR count). The molecule has 1 aliphatic rings. The average Bonchev–Trinajstić information content (AvgIpc) is 2.37. The Kier molecular flexibility index (Phi) is 5.13. The van der Waals surface area contributed by atoms with Crippen LogP contribution in [-0.2, 0) is 11.2 Å². The Balaban J connectivity index is 2.20. The number of aryl methyl sites for hydroxylation is 1. The SMILES string of the molecule is CCCc1nc(Br)cc(N2CC(C)OC(CO)C2)n1. The van der Waals surface area contributed by atoms with E-state index in [1.807, 2.05) is 13.0 Å². The number of hydrogen-bond donors (Lipinski definition) is 1. The Morgan fingerprint density at radius 2 is 2.26 bits per heavy atom. The van der Waals surface area contributed by atoms with Crippen LogP contribution in [0.2, 0.25) is 0 Å². The van der Waals surface area contributed by atoms with Gasteiger partial charge in [-0.3, -0.25) is 0 Å². The van der Waals surface area contributed by atoms with Crippen LogP contribution < -0.4 is 4.90 Å². The zero-order chi connectivity index (χ0) is 13.8. The van der Waals surface area contributed by atoms with Gasteiger partial charge in [0.25, 0.3) is 0 Å². The third-order valence-corrected chi connectivity index (χ3v) is 3.46. The summed E-state index contributed by atoms with van der Waals surface area (Å²) in [6.45, 7) is 5.61. The summed E-state index contributed by atoms with van der Waals surface area (Å²) in [6.07, 6.45) is 1.84. The number of ether oxygens (including phenoxy) is 1. The molecule has 2 heterocycles. The molecule has 1 saturated heterocycles. The van der Waals surface area contributed by atoms with Crippen molar-refractivity contribution >= 4 is 21.7 Å². The van der Waals surface area contributed by atoms with Crippen LogP contribution in [0.1, 0.15) is 26.1 Å². The molecule has 5 nitrogen and oxygen atoms in total. The van der Waals surface area contributed by atoms with Crippen LogP contribution >= 0.6 is 15.9 Å². The number of aromatic nitrogens is 2. The van der Waals surface area contributed by atoms with Crippen molar-refractivity contribution in [1.29, 1.82) is 0 Å². The molecule has 0 amide bonds. The molecule has 1 fully saturated rings. The molecule has 0 spiro atoms. The largest absolute Gasteiger partial charge is 0.394 e. The Morgan fingerprint density at radius 3 is 2.95 bits per heavy atom. The van der Waals surface area contributed by atoms with E-state index < -0.39 is 0 Å². The first-order chi connectivity index (χ1) is 9.12. The van der Waals surface area contributed by atoms with Crippen molar-refractivity contribution in [2.24, 2.45) is 0 Å². The Labute approximate surface area is 122 Å². The van der Waals surface area contributed by atoms with Crippen LogP contribution in [0.15, 0.2) is 10.7 Å². The molecule has 2 unspecified atom stereocenters. The molecule has 0 aliphatic carbocycles. The lowest BCUT2D eigenvalue weighted by molar-refractivity contribution is -0.0423. The van der Waals surface area contributed by atoms with Gasteiger partial charge in [-0.15, -0.1) is 0 Å². The number of anilines is 1. The van der Waals surface area contributed by atoms with Gasteiger partial charge in [0.05, 0.1) is 18.8 Å². The van der Waals surface area contributed by atoms with Crippen LogP contribution in [0, 0.1) is 0 Å². The second-order valence-electron chi connectivity index (χ2n) is 4.87. The first kappa shape index (κ1) is 14.7. The summed E-state index contributed by atoms with van der Waals surface area (Å²) in [5.74, 6) is 1.76. The van der Waals surface area contributed by atoms with Crippen molar-refractivity contribution in [3.8, 4) is 0 Å². The maximum atomic E-state index is 9.27. The highest BCUT2D eigenvalue weighted by molar-refractivity contribution is 9.10. The fraction of sp³-hybridized carbons (Fsp3) is 0.692. The van der Waals surface area contributed by atoms with Crippen molar-refractivity contribution in [3.63, 3.8) is 0 Å². The van der Waals surface area contributed by atoms with E-state index in [0.717, 1.165) is 35.6 Å². The summed E-state index contributed by atoms with van der Waals surface area (Å²) in [5.41, 5.74) is 0. The van der Waals surface area contributed by atoms with Crippen LogP contribution in [0.3, 0.4) is 0 Å². The number of rotatable bonds is 4. The molecule has 0 bridgehead atoms. The maximum absolute atomic E-state index is 9.27. The molecular weight excluding hydrogens is 310 g/mol. The van der Waals surface area contributed by atoms with Crippen LogP contribution in [-0.4, -0.2) is 47.0 Å². The summed E-state index contributed by atoms with van der Waals surface area (Å²) in [5, 5.41) is 9.27. The van der Waals surface area contributed by atoms with E-state index in [9.17, 15) is 5.11 Å². The van der Waals surface area contributed by atoms with E-state index in [2.05, 4.69) is 37.7 Å². The fourth-order valence-electron chi connectivity index (χ4n) is 2.28. The van der Waals surface area contributed by atoms with Crippen LogP contribution in [0.4, 0.5) is 5.82 Å². The standard InChI is InChI=1S/C13H20BrN3O2/c1-3-4-12-15-11(14)5-13(16-12)17-6-9(2)19-10(7-17)8-18/h5,9-10,18H,3-4,6-8H2,1-2H3. The molecule has 106 valence electrons. The molecule has 0 radical (unpaired) electrons. The summed E-state index contributed by atoms with van der Waals surface area (Å²) in [7, 11) is 0. The molecule has 1 aromatic heterocycles. The number of nitrogens with zero attached hydrogens (tertiary/aromatic N) is 3. The van der Waals surface area contributed by atoms with Gasteiger partial charge < -0.3 is 14.7 Å². The summed E-state index contributed by atoms with van der Waals surface area (Å²) in [4.78, 5) is 11.1. The number of hydrogen-bond acceptors (Lipinski definition) is 5. The lowest BCUT2D eigenvalue weighted by atomic mass is 10.2. The third kappa shape index (κ3) is 3.87. The number of halogens is 1. The highest BCUT2D eigenvalue weighted by Crippen LogP contribution is 2.21. The molecule has 2 atom stereocenters. The van der Waals surface area contributed by atoms with Gasteiger partial charge in [0, 0.05) is 25.6 Å². The lowest BCUT2D eigenvalue weighted by Gasteiger charge is -2.36. The minimum atomic E-state index is -0.146. The number of aliphatic hydroxyl groups excluding tert-OH is 1. The topological polar surface area (TPSA) is 58.5 Å². The summed E-state index contributed by atoms with van der Waals surface area (Å²) in [6, 6.07) is 1.92. The smallest absolute Gasteiger partial charge is 0.133 e. The van der Waals surface area contributed by atoms with Crippen molar-refractivity contribution < 1.29 is 9.84 Å². The monoisotopic (exact) mass is 329 g/mol. The highest BCUT2D eigenvalue weighted by Gasteiger charge is 2.26. The van der Waals surface area contributed by atoms with Crippen molar-refractivity contribution in [2.75, 3.05) is 24.6 Å². The van der Waals surface area contributed by atoms with E-state index in [1.165, 1.54) is 0 Å². The molecular formula is C13H20BrN3O2. The van der Waals surface area contributed by atoms with Crippen molar-refractivity contribution in [2.45, 2.75) is 38.9 Å². The predicted octanol–water partition coefficient (Wildman–Crippen LogP) is 1.78. The van der Waals surface area contributed by atoms with Gasteiger partial charge in [-0.05, 0) is 29.3 Å². The first-order valence-electron chi connectivity index (χ1n) is 6.67. The van der Waals surface area contributed by atoms with Gasteiger partial charge in [-0.2, -0.15) is 0 Å². The second kappa shape index (κ2) is 6.63. The minimum absolute atomic E-state index is 0.0366. The quantitative estimate of drug-likeness (QED) is 0.853. The molecule has 6 heteroatoms. The van der Waals surface area contributed by atoms with E-state index in [1.54, 1.807) is 0 Å². The van der Waals surface area contributed by atoms with Gasteiger partial charge in [0.1, 0.15) is 16.2 Å². The van der Waals surface area contributed by atoms with E-state index in [4.69, 9.17) is 4.74 Å². The molecule has 19 heavy (non-hydrogen) atoms. The Hall–Kier alpha value is -0.720. The molecule has 1 aliphatic heterocycles. The number of morpholine rings is 1. The van der Waals surface area contributed by atoms with Gasteiger partial charge in [-0.25, -0.2) is 9.97 Å². The van der Waals surface area contributed by atoms with Crippen molar-refractivity contribution in [3.05, 3.63) is 16.5 Å². The van der Waals surface area contributed by atoms with Crippen molar-refractivity contribution in [1.82, 2.24) is 9.97 Å². The van der Waals surface area contributed by atoms with Crippen LogP contribution in [0.5, 0.6) is 0 Å². The predicted molar refractivity (Wildman–Crippen MR) is 77.4 cm³/mol. The lowest BCUT2D eigenvalue weighted by Crippen LogP contribution is -2.48. The van der Waals surface area contributed by atoms with Gasteiger partial charge in [0.2, 0.25) is 0 Å². The average molecular weight is 330 g/mol. The van der Waals surface area contributed by atoms with Gasteiger partial charge in [0.15, 0.2) is 0 Å².